The molecule has 30 heteroatoms. The maximum atomic E-state index is 15.1. The Hall–Kier alpha value is -9.09. The highest BCUT2D eigenvalue weighted by molar-refractivity contribution is 6.11. The van der Waals surface area contributed by atoms with Gasteiger partial charge in [-0.1, -0.05) is 47.6 Å². The molecule has 91 heavy (non-hydrogen) atoms. The summed E-state index contributed by atoms with van der Waals surface area (Å²) in [5.41, 5.74) is 3.09. The number of hydrogen-bond donors (Lipinski definition) is 6. The Balaban J connectivity index is 1.32. The minimum Gasteiger partial charge on any atom is -0.458 e. The molecule has 0 saturated carbocycles. The van der Waals surface area contributed by atoms with Gasteiger partial charge in [0, 0.05) is 46.2 Å². The monoisotopic (exact) mass is 1270 g/mol. The summed E-state index contributed by atoms with van der Waals surface area (Å²) in [5, 5.41) is 21.6. The van der Waals surface area contributed by atoms with Gasteiger partial charge < -0.3 is 75.4 Å². The number of aromatic nitrogens is 1. The second-order valence-corrected chi connectivity index (χ2v) is 25.2. The van der Waals surface area contributed by atoms with Gasteiger partial charge in [-0.05, 0) is 77.3 Å². The van der Waals surface area contributed by atoms with Crippen molar-refractivity contribution < 1.29 is 81.3 Å². The molecule has 30 nitrogen and oxygen atoms in total. The molecule has 4 saturated heterocycles. The van der Waals surface area contributed by atoms with E-state index >= 15 is 9.59 Å². The number of nitrogens with one attached hydrogen (secondary N) is 4. The number of anilines is 1. The van der Waals surface area contributed by atoms with E-state index in [0.717, 1.165) is 24.5 Å². The van der Waals surface area contributed by atoms with E-state index in [9.17, 15) is 62.6 Å². The first-order valence-corrected chi connectivity index (χ1v) is 30.0. The number of Topliss-reactive ketones (excluding diaryl/α,β-unsaturated/α-hetero) is 1. The van der Waals surface area contributed by atoms with Gasteiger partial charge in [0.05, 0.1) is 42.6 Å². The van der Waals surface area contributed by atoms with Crippen molar-refractivity contribution in [1.82, 2.24) is 55.7 Å². The number of likely N-dealkylation sites (N-methyl/N-ethyl adjacent to an activating group) is 4. The van der Waals surface area contributed by atoms with Crippen molar-refractivity contribution in [3.05, 3.63) is 44.6 Å². The number of esters is 2. The van der Waals surface area contributed by atoms with Crippen LogP contribution in [0, 0.1) is 31.6 Å². The number of nitrogens with two attached hydrogens (primary N) is 1. The van der Waals surface area contributed by atoms with E-state index in [-0.39, 0.29) is 40.8 Å². The summed E-state index contributed by atoms with van der Waals surface area (Å²) in [5.74, 6) is -14.1. The summed E-state index contributed by atoms with van der Waals surface area (Å²) in [4.78, 5) is 210. The van der Waals surface area contributed by atoms with Crippen molar-refractivity contribution in [1.29, 1.82) is 0 Å². The number of ketones is 1. The Labute approximate surface area is 524 Å². The van der Waals surface area contributed by atoms with E-state index in [2.05, 4.69) is 21.3 Å². The lowest BCUT2D eigenvalue weighted by Crippen LogP contribution is -2.62. The number of carbonyl (C=O) groups excluding carboxylic acids is 13. The highest BCUT2D eigenvalue weighted by Crippen LogP contribution is 2.35. The first-order chi connectivity index (χ1) is 42.4. The van der Waals surface area contributed by atoms with Crippen molar-refractivity contribution in [2.24, 2.45) is 17.8 Å². The van der Waals surface area contributed by atoms with E-state index < -0.39 is 209 Å². The summed E-state index contributed by atoms with van der Waals surface area (Å²) in [6, 6.07) is -10.2. The zero-order chi connectivity index (χ0) is 68.0. The fourth-order valence-corrected chi connectivity index (χ4v) is 11.9. The van der Waals surface area contributed by atoms with Crippen LogP contribution in [-0.4, -0.2) is 237 Å². The third-order valence-electron chi connectivity index (χ3n) is 17.5. The van der Waals surface area contributed by atoms with Gasteiger partial charge in [-0.2, -0.15) is 0 Å². The summed E-state index contributed by atoms with van der Waals surface area (Å²) in [6.07, 6.45) is -5.00. The van der Waals surface area contributed by atoms with E-state index in [1.807, 2.05) is 0 Å². The molecule has 1 aromatic rings. The van der Waals surface area contributed by atoms with Gasteiger partial charge >= 0.3 is 11.9 Å². The Morgan fingerprint density at radius 2 is 1.21 bits per heavy atom. The number of aliphatic hydroxyl groups is 1. The molecule has 0 radical (unpaired) electrons. The molecule has 4 fully saturated rings. The number of amides is 10. The van der Waals surface area contributed by atoms with Gasteiger partial charge in [0.2, 0.25) is 52.7 Å². The Kier molecular flexibility index (Phi) is 20.7. The maximum Gasteiger partial charge on any atom is 0.329 e. The summed E-state index contributed by atoms with van der Waals surface area (Å²) < 4.78 is 18.0. The number of aliphatic hydroxyl groups excluding tert-OH is 1. The molecule has 5 aliphatic heterocycles. The molecule has 10 amide bonds. The number of ether oxygens (including phenoxy) is 2. The predicted octanol–water partition coefficient (Wildman–Crippen LogP) is -1.37. The lowest BCUT2D eigenvalue weighted by atomic mass is 9.98. The number of carbonyl (C=O) groups is 13. The van der Waals surface area contributed by atoms with Gasteiger partial charge in [-0.3, -0.25) is 57.5 Å². The van der Waals surface area contributed by atoms with Crippen LogP contribution < -0.4 is 32.4 Å². The highest BCUT2D eigenvalue weighted by Gasteiger charge is 2.51. The molecule has 6 aliphatic rings. The van der Waals surface area contributed by atoms with Gasteiger partial charge in [0.15, 0.2) is 17.1 Å². The highest BCUT2D eigenvalue weighted by atomic mass is 16.6. The van der Waals surface area contributed by atoms with Crippen molar-refractivity contribution in [3.8, 4) is 11.5 Å². The molecule has 1 aromatic carbocycles. The molecule has 12 atom stereocenters. The number of benzene rings is 2. The van der Waals surface area contributed by atoms with Crippen LogP contribution in [0.5, 0.6) is 0 Å². The molecular formula is C61H82N12O18. The zero-order valence-electron chi connectivity index (χ0n) is 53.9. The van der Waals surface area contributed by atoms with Crippen LogP contribution >= 0.6 is 0 Å². The van der Waals surface area contributed by atoms with Gasteiger partial charge in [-0.15, -0.1) is 0 Å². The quantitative estimate of drug-likeness (QED) is 0.0903. The van der Waals surface area contributed by atoms with E-state index in [1.54, 1.807) is 55.4 Å². The fraction of sp³-hybridized carbons (Fsp3) is 0.590. The average Bonchev–Trinajstić information content (AvgIpc) is 1.55. The molecule has 1 aliphatic carbocycles. The summed E-state index contributed by atoms with van der Waals surface area (Å²) in [6.45, 7) is 16.3. The molecule has 494 valence electrons. The topological polar surface area (TPSA) is 397 Å². The van der Waals surface area contributed by atoms with Gasteiger partial charge in [-0.25, -0.2) is 14.6 Å². The van der Waals surface area contributed by atoms with Crippen molar-refractivity contribution in [2.45, 2.75) is 169 Å². The number of fused-ring (bicyclic) bond motifs is 4. The number of nitrogens with zero attached hydrogens (tertiary/aromatic N) is 7. The predicted molar refractivity (Wildman–Crippen MR) is 323 cm³/mol. The van der Waals surface area contributed by atoms with Crippen molar-refractivity contribution >= 4 is 93.6 Å². The van der Waals surface area contributed by atoms with E-state index in [4.69, 9.17) is 24.6 Å². The van der Waals surface area contributed by atoms with Crippen LogP contribution in [0.4, 0.5) is 5.69 Å². The number of rotatable bonds is 7. The van der Waals surface area contributed by atoms with Gasteiger partial charge in [0.25, 0.3) is 11.8 Å². The van der Waals surface area contributed by atoms with Crippen LogP contribution in [0.2, 0.25) is 0 Å². The molecule has 5 heterocycles. The SMILES string of the molecule is Cc1c2oc3c(C)ccc(C(=O)N[C@@H]4C(=O)N[C@H](C(C)C)C(=O)N5[C@H](C(=O)N(C)CC(=O)N(C)[C@@H](C(C)C)C(=O)O[C@@H]4C)[C@@H](O)C[C@@H]5C)c3nc-2c(C(=O)N[C@@H]2C(=O)N[C@H](C(C)C)C(=O)N3CC(=O)C[C@H]3C(=O)N(C)CC(=O)N(C)[C@@H](C)C(=O)O[C@@H]2C)c(N)c1=O. The molecule has 0 unspecified atom stereocenters. The average molecular weight is 1270 g/mol. The molecule has 7 rings (SSSR count). The Morgan fingerprint density at radius 1 is 0.681 bits per heavy atom. The van der Waals surface area contributed by atoms with Crippen molar-refractivity contribution in [2.75, 3.05) is 53.6 Å². The summed E-state index contributed by atoms with van der Waals surface area (Å²) in [7, 11) is 5.20. The van der Waals surface area contributed by atoms with Gasteiger partial charge in [0.1, 0.15) is 71.8 Å². The molecule has 0 bridgehead atoms. The maximum absolute atomic E-state index is 15.1. The van der Waals surface area contributed by atoms with Crippen LogP contribution in [0.3, 0.4) is 0 Å². The fourth-order valence-electron chi connectivity index (χ4n) is 11.9. The number of cyclic esters (lactones) is 2. The van der Waals surface area contributed by atoms with Crippen LogP contribution in [0.15, 0.2) is 21.3 Å². The molecular weight excluding hydrogens is 1190 g/mol. The minimum atomic E-state index is -1.96. The van der Waals surface area contributed by atoms with Crippen LogP contribution in [0.25, 0.3) is 22.6 Å². The normalized spacial score (nSPS) is 27.7. The second-order valence-electron chi connectivity index (χ2n) is 25.2. The third kappa shape index (κ3) is 13.7. The van der Waals surface area contributed by atoms with E-state index in [1.165, 1.54) is 72.9 Å². The smallest absolute Gasteiger partial charge is 0.329 e. The van der Waals surface area contributed by atoms with Crippen LogP contribution in [0.1, 0.15) is 114 Å². The minimum absolute atomic E-state index is 0.0278. The number of hydrogen-bond acceptors (Lipinski definition) is 20. The first kappa shape index (κ1) is 69.4. The summed E-state index contributed by atoms with van der Waals surface area (Å²) >= 11 is 0. The lowest BCUT2D eigenvalue weighted by molar-refractivity contribution is -0.163. The third-order valence-corrected chi connectivity index (χ3v) is 17.5. The van der Waals surface area contributed by atoms with E-state index in [0.29, 0.717) is 5.56 Å². The Bertz CT molecular complexity index is 3530. The van der Waals surface area contributed by atoms with Crippen molar-refractivity contribution in [3.63, 3.8) is 0 Å². The molecule has 0 spiro atoms. The number of aryl methyl sites for hydroxylation is 1. The van der Waals surface area contributed by atoms with Crippen LogP contribution in [-0.2, 0) is 62.2 Å². The second kappa shape index (κ2) is 27.2. The number of nitrogen functional groups attached to an aromatic ring is 1. The molecule has 7 N–H and O–H groups in total. The first-order valence-electron chi connectivity index (χ1n) is 30.0. The largest absolute Gasteiger partial charge is 0.458 e. The Morgan fingerprint density at radius 3 is 1.77 bits per heavy atom. The molecule has 0 aromatic heterocycles. The zero-order valence-corrected chi connectivity index (χ0v) is 53.9. The lowest BCUT2D eigenvalue weighted by Gasteiger charge is -2.37. The standard InChI is InChI=1S/C61H82N12O18/c1-24(2)41-57(84)72-21-33(74)20-35(72)56(83)68(13)22-37(76)70(15)30(10)60(87)89-31(11)44(55(82)64-41)67-53(80)39-40(62)49(78)29(9)51-46(39)63-45-34(18-17-27(7)50(45)91-51)52(79)66-43-32(12)90-61(88)47(26(5)6)71(16)38(77)23-69(14)59(86)48-36(75)19-28(8)73(48)58(85)42(25(3)4)65-54(43)81/h17-18,24-26,28,30-32,35-36,41-44,47-48,75H,19-23,62H2,1-16H3,(H,64,82)(H,65,81)(H,66,79)(H,67,80)/t28-,30-,31+,32+,35-,36-,41+,42+,43-,44-,47-,48-/m0/s1.